The largest absolute Gasteiger partial charge is 0.469 e. The van der Waals surface area contributed by atoms with Gasteiger partial charge in [0.25, 0.3) is 0 Å². The maximum atomic E-state index is 11.2. The average molecular weight is 256 g/mol. The van der Waals surface area contributed by atoms with Crippen LogP contribution < -0.4 is 0 Å². The third-order valence-corrected chi connectivity index (χ3v) is 2.90. The zero-order valence-electron chi connectivity index (χ0n) is 11.3. The van der Waals surface area contributed by atoms with E-state index in [0.29, 0.717) is 5.82 Å². The SMILES string of the molecule is COC(=O)Cc1nccc(-c2cc(C)ccc2C)n1. The Kier molecular flexibility index (Phi) is 3.90. The van der Waals surface area contributed by atoms with Gasteiger partial charge in [-0.25, -0.2) is 9.97 Å². The molecule has 0 aliphatic carbocycles. The van der Waals surface area contributed by atoms with Gasteiger partial charge in [0, 0.05) is 11.8 Å². The van der Waals surface area contributed by atoms with Gasteiger partial charge in [0.2, 0.25) is 0 Å². The first-order chi connectivity index (χ1) is 9.10. The maximum absolute atomic E-state index is 11.2. The van der Waals surface area contributed by atoms with Crippen LogP contribution in [0, 0.1) is 13.8 Å². The molecule has 0 radical (unpaired) electrons. The molecule has 2 aromatic rings. The Labute approximate surface area is 112 Å². The molecule has 0 aliphatic rings. The minimum absolute atomic E-state index is 0.0925. The number of hydrogen-bond acceptors (Lipinski definition) is 4. The standard InChI is InChI=1S/C15H16N2O2/c1-10-4-5-11(2)12(8-10)13-6-7-16-14(17-13)9-15(18)19-3/h4-8H,9H2,1-3H3. The van der Waals surface area contributed by atoms with Crippen LogP contribution in [0.5, 0.6) is 0 Å². The predicted octanol–water partition coefficient (Wildman–Crippen LogP) is 2.48. The Morgan fingerprint density at radius 3 is 2.79 bits per heavy atom. The van der Waals surface area contributed by atoms with Gasteiger partial charge in [0.15, 0.2) is 0 Å². The summed E-state index contributed by atoms with van der Waals surface area (Å²) in [4.78, 5) is 19.8. The molecular formula is C15H16N2O2. The normalized spacial score (nSPS) is 10.3. The fourth-order valence-corrected chi connectivity index (χ4v) is 1.85. The molecule has 0 unspecified atom stereocenters. The van der Waals surface area contributed by atoms with E-state index in [1.807, 2.05) is 19.9 Å². The molecule has 98 valence electrons. The lowest BCUT2D eigenvalue weighted by Crippen LogP contribution is -2.08. The summed E-state index contributed by atoms with van der Waals surface area (Å²) in [6, 6.07) is 8.06. The number of aromatic nitrogens is 2. The summed E-state index contributed by atoms with van der Waals surface area (Å²) in [6.07, 6.45) is 1.76. The van der Waals surface area contributed by atoms with Gasteiger partial charge in [-0.1, -0.05) is 17.7 Å². The lowest BCUT2D eigenvalue weighted by atomic mass is 10.0. The molecule has 1 aromatic heterocycles. The third kappa shape index (κ3) is 3.16. The number of hydrogen-bond donors (Lipinski definition) is 0. The number of benzene rings is 1. The summed E-state index contributed by atoms with van der Waals surface area (Å²) in [5.74, 6) is 0.142. The number of ether oxygens (including phenoxy) is 1. The molecule has 0 bridgehead atoms. The number of nitrogens with zero attached hydrogens (tertiary/aromatic N) is 2. The Hall–Kier alpha value is -2.23. The molecule has 0 fully saturated rings. The number of methoxy groups -OCH3 is 1. The molecule has 0 saturated heterocycles. The molecule has 0 spiro atoms. The van der Waals surface area contributed by atoms with Crippen LogP contribution in [0.25, 0.3) is 11.3 Å². The molecular weight excluding hydrogens is 240 g/mol. The van der Waals surface area contributed by atoms with Gasteiger partial charge >= 0.3 is 5.97 Å². The third-order valence-electron chi connectivity index (χ3n) is 2.90. The fourth-order valence-electron chi connectivity index (χ4n) is 1.85. The van der Waals surface area contributed by atoms with Gasteiger partial charge in [0.1, 0.15) is 12.2 Å². The van der Waals surface area contributed by atoms with E-state index in [4.69, 9.17) is 0 Å². The fraction of sp³-hybridized carbons (Fsp3) is 0.267. The van der Waals surface area contributed by atoms with Crippen molar-refractivity contribution in [2.75, 3.05) is 7.11 Å². The van der Waals surface area contributed by atoms with Gasteiger partial charge in [-0.3, -0.25) is 4.79 Å². The van der Waals surface area contributed by atoms with E-state index >= 15 is 0 Å². The highest BCUT2D eigenvalue weighted by Gasteiger charge is 2.09. The van der Waals surface area contributed by atoms with E-state index in [2.05, 4.69) is 32.9 Å². The molecule has 0 atom stereocenters. The van der Waals surface area contributed by atoms with Crippen LogP contribution in [-0.4, -0.2) is 23.0 Å². The molecule has 0 amide bonds. The van der Waals surface area contributed by atoms with Crippen LogP contribution in [0.2, 0.25) is 0 Å². The number of carbonyl (C=O) groups excluding carboxylic acids is 1. The monoisotopic (exact) mass is 256 g/mol. The van der Waals surface area contributed by atoms with Crippen molar-refractivity contribution in [3.8, 4) is 11.3 Å². The summed E-state index contributed by atoms with van der Waals surface area (Å²) in [6.45, 7) is 4.08. The molecule has 0 N–H and O–H groups in total. The van der Waals surface area contributed by atoms with E-state index < -0.39 is 0 Å². The van der Waals surface area contributed by atoms with Crippen molar-refractivity contribution in [3.05, 3.63) is 47.4 Å². The Balaban J connectivity index is 2.37. The second-order valence-electron chi connectivity index (χ2n) is 4.43. The summed E-state index contributed by atoms with van der Waals surface area (Å²) < 4.78 is 4.62. The zero-order chi connectivity index (χ0) is 13.8. The molecule has 0 aliphatic heterocycles. The van der Waals surface area contributed by atoms with Crippen LogP contribution in [0.1, 0.15) is 17.0 Å². The lowest BCUT2D eigenvalue weighted by Gasteiger charge is -2.07. The zero-order valence-corrected chi connectivity index (χ0v) is 11.3. The first kappa shape index (κ1) is 13.2. The van der Waals surface area contributed by atoms with E-state index in [0.717, 1.165) is 16.8 Å². The van der Waals surface area contributed by atoms with Crippen molar-refractivity contribution >= 4 is 5.97 Å². The van der Waals surface area contributed by atoms with Gasteiger partial charge < -0.3 is 4.74 Å². The second kappa shape index (κ2) is 5.61. The Bertz CT molecular complexity index is 609. The Morgan fingerprint density at radius 1 is 1.26 bits per heavy atom. The average Bonchev–Trinajstić information content (AvgIpc) is 2.41. The van der Waals surface area contributed by atoms with Crippen LogP contribution in [0.3, 0.4) is 0 Å². The first-order valence-electron chi connectivity index (χ1n) is 6.06. The number of esters is 1. The first-order valence-corrected chi connectivity index (χ1v) is 6.06. The summed E-state index contributed by atoms with van der Waals surface area (Å²) in [5.41, 5.74) is 4.21. The van der Waals surface area contributed by atoms with Gasteiger partial charge in [0.05, 0.1) is 12.8 Å². The van der Waals surface area contributed by atoms with Gasteiger partial charge in [-0.15, -0.1) is 0 Å². The molecule has 4 nitrogen and oxygen atoms in total. The molecule has 1 heterocycles. The van der Waals surface area contributed by atoms with Crippen molar-refractivity contribution in [3.63, 3.8) is 0 Å². The van der Waals surface area contributed by atoms with Crippen LogP contribution in [-0.2, 0) is 16.0 Å². The topological polar surface area (TPSA) is 52.1 Å². The van der Waals surface area contributed by atoms with Gasteiger partial charge in [-0.2, -0.15) is 0 Å². The summed E-state index contributed by atoms with van der Waals surface area (Å²) in [7, 11) is 1.36. The molecule has 4 heteroatoms. The number of aryl methyl sites for hydroxylation is 2. The molecule has 19 heavy (non-hydrogen) atoms. The molecule has 2 rings (SSSR count). The summed E-state index contributed by atoms with van der Waals surface area (Å²) in [5, 5.41) is 0. The number of rotatable bonds is 3. The van der Waals surface area contributed by atoms with E-state index in [-0.39, 0.29) is 12.4 Å². The van der Waals surface area contributed by atoms with Crippen molar-refractivity contribution in [1.29, 1.82) is 0 Å². The van der Waals surface area contributed by atoms with Gasteiger partial charge in [-0.05, 0) is 31.5 Å². The van der Waals surface area contributed by atoms with E-state index in [1.54, 1.807) is 6.20 Å². The van der Waals surface area contributed by atoms with E-state index in [1.165, 1.54) is 12.7 Å². The quantitative estimate of drug-likeness (QED) is 0.792. The highest BCUT2D eigenvalue weighted by molar-refractivity contribution is 5.71. The molecule has 1 aromatic carbocycles. The van der Waals surface area contributed by atoms with Crippen LogP contribution >= 0.6 is 0 Å². The molecule has 0 saturated carbocycles. The van der Waals surface area contributed by atoms with Crippen molar-refractivity contribution < 1.29 is 9.53 Å². The maximum Gasteiger partial charge on any atom is 0.313 e. The second-order valence-corrected chi connectivity index (χ2v) is 4.43. The minimum Gasteiger partial charge on any atom is -0.469 e. The highest BCUT2D eigenvalue weighted by atomic mass is 16.5. The van der Waals surface area contributed by atoms with Crippen LogP contribution in [0.15, 0.2) is 30.5 Å². The van der Waals surface area contributed by atoms with Crippen molar-refractivity contribution in [2.45, 2.75) is 20.3 Å². The lowest BCUT2D eigenvalue weighted by molar-refractivity contribution is -0.139. The minimum atomic E-state index is -0.335. The Morgan fingerprint density at radius 2 is 2.05 bits per heavy atom. The van der Waals surface area contributed by atoms with E-state index in [9.17, 15) is 4.79 Å². The van der Waals surface area contributed by atoms with Crippen molar-refractivity contribution in [1.82, 2.24) is 9.97 Å². The van der Waals surface area contributed by atoms with Crippen molar-refractivity contribution in [2.24, 2.45) is 0 Å². The number of carbonyl (C=O) groups is 1. The summed E-state index contributed by atoms with van der Waals surface area (Å²) >= 11 is 0. The smallest absolute Gasteiger partial charge is 0.313 e. The van der Waals surface area contributed by atoms with Crippen LogP contribution in [0.4, 0.5) is 0 Å². The predicted molar refractivity (Wildman–Crippen MR) is 72.7 cm³/mol. The highest BCUT2D eigenvalue weighted by Crippen LogP contribution is 2.22.